The molecule has 0 fully saturated rings. The third-order valence-electron chi connectivity index (χ3n) is 13.9. The van der Waals surface area contributed by atoms with Crippen LogP contribution >= 0.6 is 12.6 Å². The summed E-state index contributed by atoms with van der Waals surface area (Å²) >= 11 is 4.05. The summed E-state index contributed by atoms with van der Waals surface area (Å²) in [5.41, 5.74) is 9.17. The van der Waals surface area contributed by atoms with Gasteiger partial charge in [-0.1, -0.05) is 77.9 Å². The molecule has 0 aliphatic heterocycles. The lowest BCUT2D eigenvalue weighted by Crippen LogP contribution is -2.60. The van der Waals surface area contributed by atoms with E-state index in [1.807, 2.05) is 42.5 Å². The van der Waals surface area contributed by atoms with Gasteiger partial charge in [0.15, 0.2) is 0 Å². The quantitative estimate of drug-likeness (QED) is 0.0248. The number of nitrogens with one attached hydrogen (secondary N) is 12. The molecule has 2 aromatic carbocycles. The first-order valence-corrected chi connectivity index (χ1v) is 29.0. The van der Waals surface area contributed by atoms with Gasteiger partial charge < -0.3 is 78.7 Å². The lowest BCUT2D eigenvalue weighted by Gasteiger charge is -2.29. The number of amides is 9. The van der Waals surface area contributed by atoms with Crippen LogP contribution in [0.2, 0.25) is 0 Å². The molecule has 16 N–H and O–H groups in total. The molecule has 86 heavy (non-hydrogen) atoms. The van der Waals surface area contributed by atoms with E-state index >= 15 is 0 Å². The molecule has 0 bridgehead atoms. The van der Waals surface area contributed by atoms with Gasteiger partial charge in [0.25, 0.3) is 0 Å². The summed E-state index contributed by atoms with van der Waals surface area (Å²) in [7, 11) is 0. The number of imidazole rings is 1. The van der Waals surface area contributed by atoms with Gasteiger partial charge in [-0.25, -0.2) is 9.78 Å². The SMILES string of the molecule is CC(C)C[C@H](NC(=O)[C@H](Cc1cnc[nH]1)NC(=O)[C@H](Cc1c[nH]c2ccccc12)NC(=O)[C@H](C)N)C(=O)NCC(=O)N[C@@H](CCC(=O)O)C(=O)N[C@@H](CC(C)C)C(=O)N[C@H](C(=O)N[C@@H](Cc1c[nH]c2ccccc12)C(=O)N[C@@H](CS)C(=O)O)C(C)C. The van der Waals surface area contributed by atoms with E-state index in [0.717, 1.165) is 21.8 Å². The van der Waals surface area contributed by atoms with Gasteiger partial charge in [-0.3, -0.25) is 47.9 Å². The summed E-state index contributed by atoms with van der Waals surface area (Å²) < 4.78 is 0. The smallest absolute Gasteiger partial charge is 0.327 e. The van der Waals surface area contributed by atoms with E-state index in [1.165, 1.54) is 19.4 Å². The highest BCUT2D eigenvalue weighted by Crippen LogP contribution is 2.22. The molecule has 28 heteroatoms. The van der Waals surface area contributed by atoms with Crippen molar-refractivity contribution in [3.63, 3.8) is 0 Å². The summed E-state index contributed by atoms with van der Waals surface area (Å²) in [4.78, 5) is 162. The molecule has 5 aromatic rings. The lowest BCUT2D eigenvalue weighted by atomic mass is 9.98. The number of aromatic nitrogens is 4. The van der Waals surface area contributed by atoms with Crippen LogP contribution in [0.3, 0.4) is 0 Å². The van der Waals surface area contributed by atoms with Crippen molar-refractivity contribution in [2.45, 2.75) is 148 Å². The van der Waals surface area contributed by atoms with Crippen LogP contribution in [0.15, 0.2) is 73.4 Å². The van der Waals surface area contributed by atoms with Crippen molar-refractivity contribution in [1.29, 1.82) is 0 Å². The van der Waals surface area contributed by atoms with Crippen LogP contribution in [0.1, 0.15) is 91.0 Å². The van der Waals surface area contributed by atoms with Gasteiger partial charge in [-0.2, -0.15) is 12.6 Å². The van der Waals surface area contributed by atoms with Crippen molar-refractivity contribution in [2.24, 2.45) is 23.5 Å². The minimum atomic E-state index is -1.58. The zero-order valence-corrected chi connectivity index (χ0v) is 50.0. The van der Waals surface area contributed by atoms with E-state index in [2.05, 4.69) is 80.4 Å². The third-order valence-corrected chi connectivity index (χ3v) is 14.3. The number of hydrogen-bond donors (Lipinski definition) is 16. The predicted octanol–water partition coefficient (Wildman–Crippen LogP) is 0.369. The number of carbonyl (C=O) groups is 11. The molecule has 0 saturated heterocycles. The number of fused-ring (bicyclic) bond motifs is 2. The van der Waals surface area contributed by atoms with Gasteiger partial charge in [-0.15, -0.1) is 0 Å². The van der Waals surface area contributed by atoms with Gasteiger partial charge in [0, 0.05) is 77.5 Å². The number of carboxylic acids is 2. The van der Waals surface area contributed by atoms with Crippen LogP contribution in [0.4, 0.5) is 0 Å². The van der Waals surface area contributed by atoms with Gasteiger partial charge in [-0.05, 0) is 67.2 Å². The van der Waals surface area contributed by atoms with Crippen LogP contribution in [-0.4, -0.2) is 162 Å². The summed E-state index contributed by atoms with van der Waals surface area (Å²) in [6.45, 7) is 11.0. The topological polar surface area (TPSA) is 423 Å². The molecule has 0 radical (unpaired) electrons. The molecule has 5 rings (SSSR count). The number of thiol groups is 1. The number of aliphatic carboxylic acids is 2. The Kier molecular flexibility index (Phi) is 25.7. The molecular formula is C58H80N14O13S. The first kappa shape index (κ1) is 68.0. The Hall–Kier alpha value is -8.79. The molecule has 9 amide bonds. The Bertz CT molecular complexity index is 3180. The largest absolute Gasteiger partial charge is 0.481 e. The van der Waals surface area contributed by atoms with Gasteiger partial charge in [0.2, 0.25) is 53.2 Å². The fourth-order valence-corrected chi connectivity index (χ4v) is 9.64. The second kappa shape index (κ2) is 32.5. The van der Waals surface area contributed by atoms with E-state index in [-0.39, 0.29) is 49.7 Å². The number of benzene rings is 2. The summed E-state index contributed by atoms with van der Waals surface area (Å²) in [5, 5.41) is 44.2. The molecule has 466 valence electrons. The minimum Gasteiger partial charge on any atom is -0.481 e. The van der Waals surface area contributed by atoms with Crippen molar-refractivity contribution < 1.29 is 63.0 Å². The number of para-hydroxylation sites is 2. The lowest BCUT2D eigenvalue weighted by molar-refractivity contribution is -0.141. The first-order chi connectivity index (χ1) is 40.7. The molecule has 9 atom stereocenters. The van der Waals surface area contributed by atoms with Gasteiger partial charge in [0.05, 0.1) is 18.9 Å². The van der Waals surface area contributed by atoms with Crippen molar-refractivity contribution in [3.8, 4) is 0 Å². The van der Waals surface area contributed by atoms with E-state index in [9.17, 15) is 63.0 Å². The second-order valence-electron chi connectivity index (χ2n) is 22.3. The maximum Gasteiger partial charge on any atom is 0.327 e. The number of hydrogen-bond acceptors (Lipinski definition) is 14. The minimum absolute atomic E-state index is 0.00331. The van der Waals surface area contributed by atoms with Gasteiger partial charge in [0.1, 0.15) is 48.3 Å². The van der Waals surface area contributed by atoms with Crippen molar-refractivity contribution >= 4 is 99.5 Å². The molecule has 27 nitrogen and oxygen atoms in total. The molecule has 0 unspecified atom stereocenters. The van der Waals surface area contributed by atoms with Crippen LogP contribution in [-0.2, 0) is 72.0 Å². The van der Waals surface area contributed by atoms with Gasteiger partial charge >= 0.3 is 11.9 Å². The second-order valence-corrected chi connectivity index (χ2v) is 22.7. The van der Waals surface area contributed by atoms with E-state index in [1.54, 1.807) is 60.0 Å². The first-order valence-electron chi connectivity index (χ1n) is 28.3. The van der Waals surface area contributed by atoms with Crippen LogP contribution in [0.5, 0.6) is 0 Å². The number of nitrogens with two attached hydrogens (primary N) is 1. The average Bonchev–Trinajstić information content (AvgIpc) is 2.79. The highest BCUT2D eigenvalue weighted by molar-refractivity contribution is 7.80. The highest BCUT2D eigenvalue weighted by atomic mass is 32.1. The zero-order valence-electron chi connectivity index (χ0n) is 49.1. The van der Waals surface area contributed by atoms with Crippen molar-refractivity contribution in [3.05, 3.63) is 90.3 Å². The number of carboxylic acid groups (broad SMARTS) is 2. The van der Waals surface area contributed by atoms with Crippen molar-refractivity contribution in [2.75, 3.05) is 12.3 Å². The van der Waals surface area contributed by atoms with Crippen molar-refractivity contribution in [1.82, 2.24) is 67.8 Å². The van der Waals surface area contributed by atoms with E-state index in [0.29, 0.717) is 16.8 Å². The van der Waals surface area contributed by atoms with Crippen LogP contribution in [0, 0.1) is 17.8 Å². The fraction of sp³-hybridized carbons (Fsp3) is 0.483. The number of nitrogens with zero attached hydrogens (tertiary/aromatic N) is 1. The number of rotatable bonds is 34. The Morgan fingerprint density at radius 2 is 0.988 bits per heavy atom. The number of H-pyrrole nitrogens is 3. The Labute approximate surface area is 502 Å². The average molecular weight is 1210 g/mol. The highest BCUT2D eigenvalue weighted by Gasteiger charge is 2.36. The number of aromatic amines is 3. The molecule has 0 spiro atoms. The molecule has 0 aliphatic rings. The Morgan fingerprint density at radius 3 is 1.45 bits per heavy atom. The predicted molar refractivity (Wildman–Crippen MR) is 321 cm³/mol. The molecule has 3 heterocycles. The molecule has 0 aliphatic carbocycles. The maximum absolute atomic E-state index is 14.3. The van der Waals surface area contributed by atoms with Crippen LogP contribution < -0.4 is 53.6 Å². The Morgan fingerprint density at radius 1 is 0.535 bits per heavy atom. The van der Waals surface area contributed by atoms with E-state index < -0.39 is 145 Å². The summed E-state index contributed by atoms with van der Waals surface area (Å²) in [6.07, 6.45) is 4.95. The van der Waals surface area contributed by atoms with Crippen LogP contribution in [0.25, 0.3) is 21.8 Å². The molecular weight excluding hydrogens is 1130 g/mol. The normalized spacial score (nSPS) is 14.6. The fourth-order valence-electron chi connectivity index (χ4n) is 9.39. The number of carbonyl (C=O) groups excluding carboxylic acids is 9. The maximum atomic E-state index is 14.3. The standard InChI is InChI=1S/C58H80N14O13S/c1-29(2)18-41(67-55(81)45(22-35-25-60-28-64-35)69-53(79)43(66-50(76)32(7)59)20-33-23-61-38-14-10-8-12-36(33)38)51(77)63-26-47(73)65-40(16-17-48(74)75)52(78)68-42(19-30(3)4)56(82)72-49(31(5)6)57(83)70-44(54(80)71-46(27-86)58(84)85)21-34-24-62-39-15-11-9-13-37(34)39/h8-15,23-25,28-32,40-46,49,61-62,86H,16-22,26-27,59H2,1-7H3,(H,60,64)(H,63,77)(H,65,73)(H,66,76)(H,67,81)(H,68,78)(H,69,79)(H,70,83)(H,71,80)(H,72,82)(H,74,75)(H,84,85)/t32-,40-,41-,42-,43-,44-,45-,46-,49-/m0/s1. The molecule has 3 aromatic heterocycles. The summed E-state index contributed by atoms with van der Waals surface area (Å²) in [6, 6.07) is 2.76. The Balaban J connectivity index is 1.28. The third kappa shape index (κ3) is 20.5. The molecule has 0 saturated carbocycles. The van der Waals surface area contributed by atoms with E-state index in [4.69, 9.17) is 5.73 Å². The zero-order chi connectivity index (χ0) is 63.4. The summed E-state index contributed by atoms with van der Waals surface area (Å²) in [5.74, 6) is -11.4. The monoisotopic (exact) mass is 1210 g/mol.